The minimum Gasteiger partial charge on any atom is -0.465 e. The zero-order valence-corrected chi connectivity index (χ0v) is 51.2. The SMILES string of the molecule is O=C(O)NCCC(=O)Nc1ccc(CC2CN(Cc3cccc(=O)n3OCc3ccccc3)CCN(Cc3cccc(=O)n3OCc3ccccc3)CCN(Cc3cccc(=O)n3OCc3ccccc3)CCN2Cc2cccc(=O)n2OCc2ccccc2)cc1. The largest absolute Gasteiger partial charge is 0.465 e. The lowest BCUT2D eigenvalue weighted by Crippen LogP contribution is -2.51. The van der Waals surface area contributed by atoms with E-state index in [2.05, 4.69) is 30.2 Å². The summed E-state index contributed by atoms with van der Waals surface area (Å²) in [4.78, 5) is 114. The molecule has 1 aliphatic rings. The summed E-state index contributed by atoms with van der Waals surface area (Å²) in [5.41, 5.74) is 6.20. The first-order chi connectivity index (χ1) is 45.0. The number of nitrogens with zero attached hydrogens (tertiary/aromatic N) is 8. The van der Waals surface area contributed by atoms with Crippen LogP contribution in [0.15, 0.2) is 238 Å². The number of hydrogen-bond donors (Lipinski definition) is 3. The first kappa shape index (κ1) is 64.7. The number of hydrogen-bond acceptors (Lipinski definition) is 14. The molecule has 0 spiro atoms. The van der Waals surface area contributed by atoms with Crippen molar-refractivity contribution in [1.29, 1.82) is 0 Å². The van der Waals surface area contributed by atoms with Gasteiger partial charge in [0.15, 0.2) is 0 Å². The van der Waals surface area contributed by atoms with Crippen molar-refractivity contribution in [2.24, 2.45) is 0 Å². The predicted octanol–water partition coefficient (Wildman–Crippen LogP) is 6.38. The molecule has 21 nitrogen and oxygen atoms in total. The Balaban J connectivity index is 1.06. The molecule has 0 aliphatic carbocycles. The Morgan fingerprint density at radius 2 is 0.739 bits per heavy atom. The van der Waals surface area contributed by atoms with Crippen LogP contribution in [0.4, 0.5) is 10.5 Å². The van der Waals surface area contributed by atoms with E-state index in [1.165, 1.54) is 43.2 Å². The van der Waals surface area contributed by atoms with Crippen molar-refractivity contribution in [1.82, 2.24) is 43.8 Å². The van der Waals surface area contributed by atoms with Crippen molar-refractivity contribution in [2.45, 2.75) is 71.5 Å². The molecule has 1 atom stereocenters. The summed E-state index contributed by atoms with van der Waals surface area (Å²) >= 11 is 0. The number of rotatable bonds is 26. The molecule has 21 heteroatoms. The zero-order valence-electron chi connectivity index (χ0n) is 51.2. The van der Waals surface area contributed by atoms with Gasteiger partial charge < -0.3 is 35.1 Å². The molecule has 10 rings (SSSR count). The van der Waals surface area contributed by atoms with E-state index in [0.29, 0.717) is 93.8 Å². The van der Waals surface area contributed by atoms with Crippen LogP contribution in [-0.4, -0.2) is 114 Å². The van der Waals surface area contributed by atoms with Crippen molar-refractivity contribution in [3.63, 3.8) is 0 Å². The molecule has 1 unspecified atom stereocenters. The third-order valence-corrected chi connectivity index (χ3v) is 15.8. The Morgan fingerprint density at radius 3 is 1.12 bits per heavy atom. The molecule has 92 heavy (non-hydrogen) atoms. The van der Waals surface area contributed by atoms with Crippen LogP contribution in [0.5, 0.6) is 0 Å². The number of aromatic nitrogens is 4. The van der Waals surface area contributed by atoms with Gasteiger partial charge in [0.1, 0.15) is 26.4 Å². The highest BCUT2D eigenvalue weighted by Crippen LogP contribution is 2.21. The third-order valence-electron chi connectivity index (χ3n) is 15.8. The molecule has 0 bridgehead atoms. The lowest BCUT2D eigenvalue weighted by molar-refractivity contribution is -0.116. The maximum Gasteiger partial charge on any atom is 0.404 e. The molecule has 3 N–H and O–H groups in total. The fourth-order valence-corrected chi connectivity index (χ4v) is 11.0. The van der Waals surface area contributed by atoms with Crippen molar-refractivity contribution in [3.05, 3.63) is 310 Å². The maximum absolute atomic E-state index is 14.0. The standard InChI is InChI=1S/C71H76N10O11/c82-66(37-38-72-71(87)88)73-60-35-33-55(34-36-60)45-65-49-76(48-63-27-15-31-69(85)80(63)91-53-58-21-9-3-10-22-58)42-41-74(46-61-25-13-29-67(83)78(61)89-51-56-17-5-1-6-18-56)39-40-75(47-62-26-14-30-68(84)79(62)90-52-57-19-7-2-8-20-57)43-44-77(65)50-64-28-16-32-70(86)81(64)92-54-59-23-11-4-12-24-59/h1-36,65,72H,37-54H2,(H,73,82)(H,87,88). The van der Waals surface area contributed by atoms with Crippen LogP contribution in [0.2, 0.25) is 0 Å². The summed E-state index contributed by atoms with van der Waals surface area (Å²) in [5, 5.41) is 14.2. The van der Waals surface area contributed by atoms with Crippen molar-refractivity contribution >= 4 is 17.7 Å². The summed E-state index contributed by atoms with van der Waals surface area (Å²) in [6.07, 6.45) is -0.824. The number of anilines is 1. The first-order valence-electron chi connectivity index (χ1n) is 30.8. The van der Waals surface area contributed by atoms with Crippen LogP contribution in [0.25, 0.3) is 0 Å². The van der Waals surface area contributed by atoms with Crippen molar-refractivity contribution < 1.29 is 34.0 Å². The van der Waals surface area contributed by atoms with Gasteiger partial charge in [0, 0.05) is 121 Å². The molecular formula is C71H76N10O11. The quantitative estimate of drug-likeness (QED) is 0.0537. The van der Waals surface area contributed by atoms with Gasteiger partial charge in [-0.2, -0.15) is 0 Å². The molecule has 1 saturated heterocycles. The van der Waals surface area contributed by atoms with Gasteiger partial charge in [-0.05, 0) is 70.6 Å². The Morgan fingerprint density at radius 1 is 0.391 bits per heavy atom. The van der Waals surface area contributed by atoms with Crippen molar-refractivity contribution in [3.8, 4) is 0 Å². The van der Waals surface area contributed by atoms with E-state index in [0.717, 1.165) is 27.8 Å². The molecule has 9 aromatic rings. The fourth-order valence-electron chi connectivity index (χ4n) is 11.0. The number of carbonyl (C=O) groups is 2. The highest BCUT2D eigenvalue weighted by atomic mass is 16.7. The minimum atomic E-state index is -1.22. The molecular weight excluding hydrogens is 1170 g/mol. The minimum absolute atomic E-state index is 0.0448. The third kappa shape index (κ3) is 19.1. The molecule has 4 aromatic heterocycles. The highest BCUT2D eigenvalue weighted by Gasteiger charge is 2.28. The van der Waals surface area contributed by atoms with Crippen LogP contribution < -0.4 is 52.2 Å². The Kier molecular flexibility index (Phi) is 23.2. The van der Waals surface area contributed by atoms with E-state index in [4.69, 9.17) is 24.5 Å². The number of benzene rings is 5. The lowest BCUT2D eigenvalue weighted by Gasteiger charge is -2.39. The van der Waals surface area contributed by atoms with Crippen LogP contribution in [0, 0.1) is 0 Å². The maximum atomic E-state index is 14.0. The monoisotopic (exact) mass is 1240 g/mol. The van der Waals surface area contributed by atoms with E-state index >= 15 is 0 Å². The van der Waals surface area contributed by atoms with Crippen LogP contribution in [-0.2, 0) is 63.8 Å². The number of nitrogens with one attached hydrogen (secondary N) is 2. The molecule has 0 saturated carbocycles. The second kappa shape index (κ2) is 33.0. The van der Waals surface area contributed by atoms with E-state index in [-0.39, 0.29) is 86.7 Å². The zero-order chi connectivity index (χ0) is 63.9. The Labute approximate surface area is 532 Å². The van der Waals surface area contributed by atoms with Crippen LogP contribution in [0.3, 0.4) is 0 Å². The smallest absolute Gasteiger partial charge is 0.404 e. The Hall–Kier alpha value is -10.3. The predicted molar refractivity (Wildman–Crippen MR) is 349 cm³/mol. The lowest BCUT2D eigenvalue weighted by atomic mass is 10.0. The van der Waals surface area contributed by atoms with Gasteiger partial charge in [-0.25, -0.2) is 4.79 Å². The van der Waals surface area contributed by atoms with E-state index in [1.807, 2.05) is 170 Å². The Bertz CT molecular complexity index is 4060. The first-order valence-corrected chi connectivity index (χ1v) is 30.8. The second-order valence-electron chi connectivity index (χ2n) is 22.5. The highest BCUT2D eigenvalue weighted by molar-refractivity contribution is 5.91. The van der Waals surface area contributed by atoms with Gasteiger partial charge in [0.2, 0.25) is 5.91 Å². The van der Waals surface area contributed by atoms with Gasteiger partial charge >= 0.3 is 6.09 Å². The average Bonchev–Trinajstić information content (AvgIpc) is 1.09. The molecule has 1 fully saturated rings. The fraction of sp³-hybridized carbons (Fsp3) is 0.268. The number of carboxylic acid groups (broad SMARTS) is 1. The van der Waals surface area contributed by atoms with Gasteiger partial charge in [-0.15, -0.1) is 18.9 Å². The van der Waals surface area contributed by atoms with Crippen LogP contribution in [0.1, 0.15) is 57.0 Å². The summed E-state index contributed by atoms with van der Waals surface area (Å²) in [5.74, 6) is -0.354. The summed E-state index contributed by atoms with van der Waals surface area (Å²) in [6.45, 7) is 4.78. The average molecular weight is 1250 g/mol. The van der Waals surface area contributed by atoms with E-state index in [1.54, 1.807) is 24.3 Å². The molecule has 2 amide bonds. The second-order valence-corrected chi connectivity index (χ2v) is 22.5. The number of carbonyl (C=O) groups excluding carboxylic acids is 1. The van der Waals surface area contributed by atoms with E-state index < -0.39 is 6.09 Å². The number of amides is 2. The summed E-state index contributed by atoms with van der Waals surface area (Å²) < 4.78 is 5.46. The molecule has 1 aliphatic heterocycles. The molecule has 476 valence electrons. The molecule has 5 heterocycles. The van der Waals surface area contributed by atoms with Gasteiger partial charge in [-0.1, -0.05) is 158 Å². The molecule has 5 aromatic carbocycles. The normalized spacial score (nSPS) is 14.5. The van der Waals surface area contributed by atoms with E-state index in [9.17, 15) is 28.8 Å². The van der Waals surface area contributed by atoms with Crippen molar-refractivity contribution in [2.75, 3.05) is 57.7 Å². The van der Waals surface area contributed by atoms with Gasteiger partial charge in [-0.3, -0.25) is 43.6 Å². The topological polar surface area (TPSA) is 216 Å². The number of pyridine rings is 4. The summed E-state index contributed by atoms with van der Waals surface area (Å²) in [7, 11) is 0. The van der Waals surface area contributed by atoms with Gasteiger partial charge in [0.25, 0.3) is 22.2 Å². The molecule has 0 radical (unpaired) electrons. The van der Waals surface area contributed by atoms with Gasteiger partial charge in [0.05, 0.1) is 22.8 Å². The van der Waals surface area contributed by atoms with Crippen LogP contribution >= 0.6 is 0 Å². The summed E-state index contributed by atoms with van der Waals surface area (Å²) in [6, 6.07) is 66.2.